The minimum absolute atomic E-state index is 0.326. The molecule has 2 fully saturated rings. The molecule has 2 atom stereocenters. The van der Waals surface area contributed by atoms with Gasteiger partial charge in [0.05, 0.1) is 0 Å². The molecule has 2 rings (SSSR count). The van der Waals surface area contributed by atoms with Gasteiger partial charge in [0.25, 0.3) is 0 Å². The van der Waals surface area contributed by atoms with Crippen molar-refractivity contribution in [2.75, 3.05) is 39.8 Å². The third-order valence-corrected chi connectivity index (χ3v) is 3.99. The summed E-state index contributed by atoms with van der Waals surface area (Å²) >= 11 is 0. The molecule has 92 valence electrons. The van der Waals surface area contributed by atoms with Crippen LogP contribution in [0.4, 0.5) is 0 Å². The smallest absolute Gasteiger partial charge is 0.222 e. The van der Waals surface area contributed by atoms with Gasteiger partial charge in [-0.3, -0.25) is 4.79 Å². The first-order valence-electron chi connectivity index (χ1n) is 6.41. The predicted molar refractivity (Wildman–Crippen MR) is 64.3 cm³/mol. The first kappa shape index (κ1) is 11.9. The van der Waals surface area contributed by atoms with Gasteiger partial charge in [0.2, 0.25) is 5.91 Å². The lowest BCUT2D eigenvalue weighted by Gasteiger charge is -2.32. The molecule has 2 heterocycles. The Bertz CT molecular complexity index is 251. The summed E-state index contributed by atoms with van der Waals surface area (Å²) in [5, 5.41) is 3.36. The number of carbonyl (C=O) groups is 1. The molecule has 2 aliphatic rings. The van der Waals surface area contributed by atoms with Gasteiger partial charge >= 0.3 is 0 Å². The standard InChI is InChI=1S/C12H23N3O/c1-3-11-10(8-12(16)14(11)2)9-15-6-4-13-5-7-15/h10-11,13H,3-9H2,1-2H3/t10-,11-/m1/s1. The van der Waals surface area contributed by atoms with Gasteiger partial charge in [-0.05, 0) is 6.42 Å². The Hall–Kier alpha value is -0.610. The molecule has 0 bridgehead atoms. The average molecular weight is 225 g/mol. The zero-order valence-electron chi connectivity index (χ0n) is 10.4. The second kappa shape index (κ2) is 5.15. The molecule has 2 saturated heterocycles. The van der Waals surface area contributed by atoms with Crippen molar-refractivity contribution in [2.45, 2.75) is 25.8 Å². The lowest BCUT2D eigenvalue weighted by Crippen LogP contribution is -2.46. The molecule has 1 N–H and O–H groups in total. The Morgan fingerprint density at radius 3 is 2.69 bits per heavy atom. The number of nitrogens with zero attached hydrogens (tertiary/aromatic N) is 2. The Morgan fingerprint density at radius 1 is 1.38 bits per heavy atom. The maximum Gasteiger partial charge on any atom is 0.222 e. The lowest BCUT2D eigenvalue weighted by atomic mass is 9.97. The molecule has 0 aromatic heterocycles. The van der Waals surface area contributed by atoms with Gasteiger partial charge in [0, 0.05) is 58.2 Å². The van der Waals surface area contributed by atoms with Crippen molar-refractivity contribution < 1.29 is 4.79 Å². The summed E-state index contributed by atoms with van der Waals surface area (Å²) in [5.41, 5.74) is 0. The van der Waals surface area contributed by atoms with Crippen LogP contribution in [0.5, 0.6) is 0 Å². The summed E-state index contributed by atoms with van der Waals surface area (Å²) < 4.78 is 0. The van der Waals surface area contributed by atoms with Crippen molar-refractivity contribution >= 4 is 5.91 Å². The van der Waals surface area contributed by atoms with Crippen molar-refractivity contribution in [3.63, 3.8) is 0 Å². The zero-order chi connectivity index (χ0) is 11.5. The molecule has 1 amide bonds. The van der Waals surface area contributed by atoms with E-state index in [1.54, 1.807) is 0 Å². The fraction of sp³-hybridized carbons (Fsp3) is 0.917. The van der Waals surface area contributed by atoms with E-state index in [1.807, 2.05) is 11.9 Å². The minimum atomic E-state index is 0.326. The van der Waals surface area contributed by atoms with Gasteiger partial charge < -0.3 is 15.1 Å². The average Bonchev–Trinajstić information content (AvgIpc) is 2.56. The summed E-state index contributed by atoms with van der Waals surface area (Å²) in [7, 11) is 1.95. The lowest BCUT2D eigenvalue weighted by molar-refractivity contribution is -0.127. The van der Waals surface area contributed by atoms with E-state index in [2.05, 4.69) is 17.1 Å². The molecular formula is C12H23N3O. The molecule has 4 heteroatoms. The largest absolute Gasteiger partial charge is 0.342 e. The fourth-order valence-corrected chi connectivity index (χ4v) is 3.02. The van der Waals surface area contributed by atoms with Crippen molar-refractivity contribution in [2.24, 2.45) is 5.92 Å². The van der Waals surface area contributed by atoms with Crippen molar-refractivity contribution in [3.8, 4) is 0 Å². The third-order valence-electron chi connectivity index (χ3n) is 3.99. The van der Waals surface area contributed by atoms with E-state index in [0.29, 0.717) is 17.9 Å². The quantitative estimate of drug-likeness (QED) is 0.742. The molecule has 0 spiro atoms. The van der Waals surface area contributed by atoms with E-state index in [-0.39, 0.29) is 0 Å². The van der Waals surface area contributed by atoms with E-state index in [0.717, 1.165) is 45.6 Å². The van der Waals surface area contributed by atoms with Crippen LogP contribution in [0.3, 0.4) is 0 Å². The highest BCUT2D eigenvalue weighted by molar-refractivity contribution is 5.79. The van der Waals surface area contributed by atoms with Crippen molar-refractivity contribution in [3.05, 3.63) is 0 Å². The molecule has 0 saturated carbocycles. The number of rotatable bonds is 3. The van der Waals surface area contributed by atoms with Crippen LogP contribution in [0.15, 0.2) is 0 Å². The van der Waals surface area contributed by atoms with Crippen molar-refractivity contribution in [1.82, 2.24) is 15.1 Å². The molecule has 2 aliphatic heterocycles. The van der Waals surface area contributed by atoms with Gasteiger partial charge in [-0.25, -0.2) is 0 Å². The number of carbonyl (C=O) groups excluding carboxylic acids is 1. The van der Waals surface area contributed by atoms with Crippen LogP contribution in [-0.4, -0.2) is 61.5 Å². The Labute approximate surface area is 98.0 Å². The van der Waals surface area contributed by atoms with Gasteiger partial charge in [-0.2, -0.15) is 0 Å². The highest BCUT2D eigenvalue weighted by atomic mass is 16.2. The topological polar surface area (TPSA) is 35.6 Å². The van der Waals surface area contributed by atoms with E-state index < -0.39 is 0 Å². The highest BCUT2D eigenvalue weighted by Crippen LogP contribution is 2.27. The second-order valence-corrected chi connectivity index (χ2v) is 5.00. The molecule has 16 heavy (non-hydrogen) atoms. The summed E-state index contributed by atoms with van der Waals surface area (Å²) in [6, 6.07) is 0.461. The number of likely N-dealkylation sites (tertiary alicyclic amines) is 1. The summed E-state index contributed by atoms with van der Waals surface area (Å²) in [6.45, 7) is 7.72. The molecule has 0 aromatic carbocycles. The first-order chi connectivity index (χ1) is 7.72. The van der Waals surface area contributed by atoms with Gasteiger partial charge in [0.1, 0.15) is 0 Å². The number of hydrogen-bond donors (Lipinski definition) is 1. The van der Waals surface area contributed by atoms with Crippen LogP contribution in [-0.2, 0) is 4.79 Å². The highest BCUT2D eigenvalue weighted by Gasteiger charge is 2.36. The predicted octanol–water partition coefficient (Wildman–Crippen LogP) is 0.149. The summed E-state index contributed by atoms with van der Waals surface area (Å²) in [4.78, 5) is 16.1. The van der Waals surface area contributed by atoms with Gasteiger partial charge in [-0.15, -0.1) is 0 Å². The van der Waals surface area contributed by atoms with Crippen LogP contribution < -0.4 is 5.32 Å². The molecule has 0 radical (unpaired) electrons. The van der Waals surface area contributed by atoms with Crippen LogP contribution in [0.25, 0.3) is 0 Å². The van der Waals surface area contributed by atoms with Crippen LogP contribution in [0, 0.1) is 5.92 Å². The Kier molecular flexibility index (Phi) is 3.82. The van der Waals surface area contributed by atoms with Crippen LogP contribution in [0.1, 0.15) is 19.8 Å². The van der Waals surface area contributed by atoms with E-state index in [4.69, 9.17) is 0 Å². The molecule has 0 aliphatic carbocycles. The normalized spacial score (nSPS) is 32.4. The molecule has 4 nitrogen and oxygen atoms in total. The van der Waals surface area contributed by atoms with Gasteiger partial charge in [0.15, 0.2) is 0 Å². The molecule has 0 unspecified atom stereocenters. The number of nitrogens with one attached hydrogen (secondary N) is 1. The van der Waals surface area contributed by atoms with E-state index in [9.17, 15) is 4.79 Å². The molecular weight excluding hydrogens is 202 g/mol. The Morgan fingerprint density at radius 2 is 2.06 bits per heavy atom. The van der Waals surface area contributed by atoms with Crippen LogP contribution in [0.2, 0.25) is 0 Å². The third kappa shape index (κ3) is 2.38. The summed E-state index contributed by atoms with van der Waals surface area (Å²) in [6.07, 6.45) is 1.83. The van der Waals surface area contributed by atoms with E-state index >= 15 is 0 Å². The second-order valence-electron chi connectivity index (χ2n) is 5.00. The maximum atomic E-state index is 11.7. The Balaban J connectivity index is 1.90. The number of amides is 1. The molecule has 0 aromatic rings. The number of piperazine rings is 1. The monoisotopic (exact) mass is 225 g/mol. The minimum Gasteiger partial charge on any atom is -0.342 e. The first-order valence-corrected chi connectivity index (χ1v) is 6.41. The maximum absolute atomic E-state index is 11.7. The SMILES string of the molecule is CC[C@@H]1[C@@H](CN2CCNCC2)CC(=O)N1C. The fourth-order valence-electron chi connectivity index (χ4n) is 3.02. The van der Waals surface area contributed by atoms with E-state index in [1.165, 1.54) is 0 Å². The van der Waals surface area contributed by atoms with Gasteiger partial charge in [-0.1, -0.05) is 6.92 Å². The van der Waals surface area contributed by atoms with Crippen LogP contribution >= 0.6 is 0 Å². The van der Waals surface area contributed by atoms with Crippen molar-refractivity contribution in [1.29, 1.82) is 0 Å². The zero-order valence-corrected chi connectivity index (χ0v) is 10.4. The number of hydrogen-bond acceptors (Lipinski definition) is 3. The summed E-state index contributed by atoms with van der Waals surface area (Å²) in [5.74, 6) is 0.868.